The van der Waals surface area contributed by atoms with Gasteiger partial charge in [-0.1, -0.05) is 6.92 Å². The predicted molar refractivity (Wildman–Crippen MR) is 78.0 cm³/mol. The second-order valence-corrected chi connectivity index (χ2v) is 5.81. The summed E-state index contributed by atoms with van der Waals surface area (Å²) in [7, 11) is 0. The van der Waals surface area contributed by atoms with Crippen LogP contribution in [0.3, 0.4) is 0 Å². The molecule has 0 aliphatic carbocycles. The highest BCUT2D eigenvalue weighted by Crippen LogP contribution is 2.14. The molecule has 1 saturated heterocycles. The molecule has 0 bridgehead atoms. The minimum Gasteiger partial charge on any atom is -0.376 e. The number of nitrogens with zero attached hydrogens (tertiary/aromatic N) is 2. The third kappa shape index (κ3) is 6.38. The highest BCUT2D eigenvalue weighted by Gasteiger charge is 2.22. The summed E-state index contributed by atoms with van der Waals surface area (Å²) >= 11 is 0. The maximum absolute atomic E-state index is 9.26. The molecule has 1 aliphatic heterocycles. The summed E-state index contributed by atoms with van der Waals surface area (Å²) in [5, 5.41) is 12.6. The Bertz CT molecular complexity index is 290. The minimum atomic E-state index is -0.353. The molecule has 0 radical (unpaired) electrons. The molecular formula is C15H29N3O. The number of morpholine rings is 1. The maximum atomic E-state index is 9.26. The van der Waals surface area contributed by atoms with Crippen LogP contribution in [0.5, 0.6) is 0 Å². The van der Waals surface area contributed by atoms with E-state index >= 15 is 0 Å². The summed E-state index contributed by atoms with van der Waals surface area (Å²) in [5.41, 5.74) is -0.353. The molecule has 1 aliphatic rings. The van der Waals surface area contributed by atoms with Gasteiger partial charge in [-0.3, -0.25) is 10.2 Å². The lowest BCUT2D eigenvalue weighted by Gasteiger charge is -2.31. The largest absolute Gasteiger partial charge is 0.376 e. The molecule has 110 valence electrons. The van der Waals surface area contributed by atoms with Crippen LogP contribution in [0.1, 0.15) is 46.5 Å². The molecule has 1 rings (SSSR count). The fourth-order valence-corrected chi connectivity index (χ4v) is 2.49. The second kappa shape index (κ2) is 8.52. The van der Waals surface area contributed by atoms with Crippen molar-refractivity contribution in [1.82, 2.24) is 10.2 Å². The first-order chi connectivity index (χ1) is 9.09. The Morgan fingerprint density at radius 1 is 1.47 bits per heavy atom. The zero-order valence-electron chi connectivity index (χ0n) is 12.7. The Balaban J connectivity index is 2.16. The van der Waals surface area contributed by atoms with Crippen molar-refractivity contribution in [3.63, 3.8) is 0 Å². The lowest BCUT2D eigenvalue weighted by Crippen LogP contribution is -2.42. The Morgan fingerprint density at radius 3 is 2.89 bits per heavy atom. The molecule has 4 heteroatoms. The standard InChI is InChI=1S/C15H29N3O/c1-4-8-17-15(3,13-16)7-5-6-9-18-10-11-19-14(2)12-18/h14,17H,4-12H2,1-3H3. The van der Waals surface area contributed by atoms with Crippen LogP contribution < -0.4 is 5.32 Å². The summed E-state index contributed by atoms with van der Waals surface area (Å²) in [6, 6.07) is 2.41. The van der Waals surface area contributed by atoms with Gasteiger partial charge in [-0.2, -0.15) is 5.26 Å². The Labute approximate surface area is 118 Å². The molecule has 2 atom stereocenters. The first kappa shape index (κ1) is 16.4. The van der Waals surface area contributed by atoms with E-state index in [1.165, 1.54) is 0 Å². The van der Waals surface area contributed by atoms with Crippen LogP contribution in [0.25, 0.3) is 0 Å². The fourth-order valence-electron chi connectivity index (χ4n) is 2.49. The summed E-state index contributed by atoms with van der Waals surface area (Å²) in [6.45, 7) is 11.3. The molecule has 0 aromatic heterocycles. The van der Waals surface area contributed by atoms with Gasteiger partial charge in [-0.05, 0) is 52.6 Å². The van der Waals surface area contributed by atoms with E-state index in [2.05, 4.69) is 30.1 Å². The molecular weight excluding hydrogens is 238 g/mol. The van der Waals surface area contributed by atoms with Gasteiger partial charge in [0.1, 0.15) is 5.54 Å². The quantitative estimate of drug-likeness (QED) is 0.685. The van der Waals surface area contributed by atoms with Crippen molar-refractivity contribution >= 4 is 0 Å². The first-order valence-corrected chi connectivity index (χ1v) is 7.60. The number of ether oxygens (including phenoxy) is 1. The summed E-state index contributed by atoms with van der Waals surface area (Å²) in [4.78, 5) is 2.47. The van der Waals surface area contributed by atoms with E-state index in [0.29, 0.717) is 6.10 Å². The number of nitriles is 1. The van der Waals surface area contributed by atoms with Crippen molar-refractivity contribution in [2.24, 2.45) is 0 Å². The smallest absolute Gasteiger partial charge is 0.103 e. The van der Waals surface area contributed by atoms with Gasteiger partial charge in [0.15, 0.2) is 0 Å². The Hall–Kier alpha value is -0.630. The van der Waals surface area contributed by atoms with Crippen LogP contribution in [-0.2, 0) is 4.74 Å². The van der Waals surface area contributed by atoms with Crippen LogP contribution >= 0.6 is 0 Å². The van der Waals surface area contributed by atoms with Crippen LogP contribution in [0, 0.1) is 11.3 Å². The van der Waals surface area contributed by atoms with Crippen molar-refractivity contribution in [2.45, 2.75) is 58.1 Å². The van der Waals surface area contributed by atoms with Crippen molar-refractivity contribution < 1.29 is 4.74 Å². The fraction of sp³-hybridized carbons (Fsp3) is 0.933. The molecule has 0 saturated carbocycles. The number of hydrogen-bond donors (Lipinski definition) is 1. The number of nitrogens with one attached hydrogen (secondary N) is 1. The number of unbranched alkanes of at least 4 members (excludes halogenated alkanes) is 1. The van der Waals surface area contributed by atoms with Crippen LogP contribution in [0.4, 0.5) is 0 Å². The molecule has 1 fully saturated rings. The summed E-state index contributed by atoms with van der Waals surface area (Å²) < 4.78 is 5.54. The third-order valence-electron chi connectivity index (χ3n) is 3.74. The van der Waals surface area contributed by atoms with E-state index in [9.17, 15) is 5.26 Å². The van der Waals surface area contributed by atoms with E-state index in [4.69, 9.17) is 4.74 Å². The van der Waals surface area contributed by atoms with Crippen molar-refractivity contribution in [3.8, 4) is 6.07 Å². The van der Waals surface area contributed by atoms with E-state index < -0.39 is 0 Å². The average Bonchev–Trinajstić information content (AvgIpc) is 2.42. The lowest BCUT2D eigenvalue weighted by atomic mass is 9.96. The topological polar surface area (TPSA) is 48.3 Å². The summed E-state index contributed by atoms with van der Waals surface area (Å²) in [6.07, 6.45) is 4.64. The van der Waals surface area contributed by atoms with Crippen molar-refractivity contribution in [3.05, 3.63) is 0 Å². The zero-order chi connectivity index (χ0) is 14.1. The molecule has 19 heavy (non-hydrogen) atoms. The normalized spacial score (nSPS) is 23.8. The van der Waals surface area contributed by atoms with Crippen molar-refractivity contribution in [1.29, 1.82) is 5.26 Å². The second-order valence-electron chi connectivity index (χ2n) is 5.81. The Kier molecular flexibility index (Phi) is 7.37. The van der Waals surface area contributed by atoms with Crippen molar-refractivity contribution in [2.75, 3.05) is 32.8 Å². The molecule has 1 N–H and O–H groups in total. The van der Waals surface area contributed by atoms with Gasteiger partial charge in [0.05, 0.1) is 18.8 Å². The number of hydrogen-bond acceptors (Lipinski definition) is 4. The van der Waals surface area contributed by atoms with E-state index in [-0.39, 0.29) is 5.54 Å². The highest BCUT2D eigenvalue weighted by molar-refractivity contribution is 5.03. The average molecular weight is 267 g/mol. The molecule has 0 amide bonds. The third-order valence-corrected chi connectivity index (χ3v) is 3.74. The van der Waals surface area contributed by atoms with Gasteiger partial charge in [0.2, 0.25) is 0 Å². The first-order valence-electron chi connectivity index (χ1n) is 7.60. The molecule has 0 spiro atoms. The van der Waals surface area contributed by atoms with Gasteiger partial charge < -0.3 is 4.74 Å². The lowest BCUT2D eigenvalue weighted by molar-refractivity contribution is -0.0186. The molecule has 0 aromatic carbocycles. The number of rotatable bonds is 8. The van der Waals surface area contributed by atoms with Gasteiger partial charge in [0.25, 0.3) is 0 Å². The molecule has 2 unspecified atom stereocenters. The van der Waals surface area contributed by atoms with Gasteiger partial charge in [-0.25, -0.2) is 0 Å². The molecule has 1 heterocycles. The van der Waals surface area contributed by atoms with Gasteiger partial charge in [-0.15, -0.1) is 0 Å². The van der Waals surface area contributed by atoms with E-state index in [1.54, 1.807) is 0 Å². The van der Waals surface area contributed by atoms with E-state index in [0.717, 1.165) is 58.5 Å². The van der Waals surface area contributed by atoms with E-state index in [1.807, 2.05) is 6.92 Å². The van der Waals surface area contributed by atoms with Gasteiger partial charge in [0, 0.05) is 13.1 Å². The van der Waals surface area contributed by atoms with Crippen LogP contribution in [0.2, 0.25) is 0 Å². The van der Waals surface area contributed by atoms with Gasteiger partial charge >= 0.3 is 0 Å². The molecule has 0 aromatic rings. The monoisotopic (exact) mass is 267 g/mol. The van der Waals surface area contributed by atoms with Crippen LogP contribution in [0.15, 0.2) is 0 Å². The predicted octanol–water partition coefficient (Wildman–Crippen LogP) is 2.16. The van der Waals surface area contributed by atoms with Crippen LogP contribution in [-0.4, -0.2) is 49.3 Å². The highest BCUT2D eigenvalue weighted by atomic mass is 16.5. The zero-order valence-corrected chi connectivity index (χ0v) is 12.7. The SMILES string of the molecule is CCCNC(C)(C#N)CCCCN1CCOC(C)C1. The Morgan fingerprint density at radius 2 is 2.26 bits per heavy atom. The maximum Gasteiger partial charge on any atom is 0.103 e. The minimum absolute atomic E-state index is 0.353. The molecule has 4 nitrogen and oxygen atoms in total. The summed E-state index contributed by atoms with van der Waals surface area (Å²) in [5.74, 6) is 0.